The van der Waals surface area contributed by atoms with Crippen LogP contribution in [-0.2, 0) is 18.3 Å². The monoisotopic (exact) mass is 422 g/mol. The summed E-state index contributed by atoms with van der Waals surface area (Å²) in [6, 6.07) is 7.53. The first-order valence-electron chi connectivity index (χ1n) is 11.3. The van der Waals surface area contributed by atoms with Crippen LogP contribution < -0.4 is 5.56 Å². The van der Waals surface area contributed by atoms with Gasteiger partial charge in [-0.15, -0.1) is 0 Å². The number of pyridine rings is 1. The van der Waals surface area contributed by atoms with Gasteiger partial charge in [-0.1, -0.05) is 6.07 Å². The second-order valence-corrected chi connectivity index (χ2v) is 9.89. The molecule has 31 heavy (non-hydrogen) atoms. The molecule has 2 heterocycles. The lowest BCUT2D eigenvalue weighted by Gasteiger charge is -2.55. The number of phenolic OH excluding ortho intramolecular Hbond substituents is 1. The molecular weight excluding hydrogens is 392 g/mol. The number of phenols is 1. The van der Waals surface area contributed by atoms with Gasteiger partial charge >= 0.3 is 5.97 Å². The number of nitrogens with zero attached hydrogens (tertiary/aromatic N) is 1. The predicted molar refractivity (Wildman–Crippen MR) is 118 cm³/mol. The third-order valence-corrected chi connectivity index (χ3v) is 8.04. The SMILES string of the molecule is Cc1ccc(O)cc1C12CCN(CC3CC3)C(C)C1Cc1cc(C(=O)O)c(=O)[nH]c1C2. The molecule has 3 unspecified atom stereocenters. The standard InChI is InChI=1S/C25H30N2O4/c1-14-3-6-18(28)11-20(14)25-7-8-27(13-16-4-5-16)15(2)21(25)10-17-9-19(24(30)31)23(29)26-22(17)12-25/h3,6,9,11,15-16,21,28H,4-5,7-8,10,12-13H2,1-2H3,(H,26,29)(H,30,31). The van der Waals surface area contributed by atoms with E-state index in [9.17, 15) is 19.8 Å². The van der Waals surface area contributed by atoms with Crippen molar-refractivity contribution in [3.8, 4) is 5.75 Å². The van der Waals surface area contributed by atoms with E-state index in [2.05, 4.69) is 23.7 Å². The van der Waals surface area contributed by atoms with Gasteiger partial charge in [0.15, 0.2) is 0 Å². The van der Waals surface area contributed by atoms with E-state index in [1.165, 1.54) is 12.8 Å². The van der Waals surface area contributed by atoms with Crippen molar-refractivity contribution in [2.75, 3.05) is 13.1 Å². The fraction of sp³-hybridized carbons (Fsp3) is 0.520. The van der Waals surface area contributed by atoms with E-state index in [0.29, 0.717) is 12.5 Å². The average molecular weight is 423 g/mol. The number of nitrogens with one attached hydrogen (secondary N) is 1. The molecule has 5 rings (SSSR count). The molecule has 164 valence electrons. The van der Waals surface area contributed by atoms with Crippen molar-refractivity contribution in [1.82, 2.24) is 9.88 Å². The molecule has 1 saturated carbocycles. The van der Waals surface area contributed by atoms with Crippen molar-refractivity contribution >= 4 is 5.97 Å². The summed E-state index contributed by atoms with van der Waals surface area (Å²) in [4.78, 5) is 29.5. The van der Waals surface area contributed by atoms with E-state index in [-0.39, 0.29) is 22.6 Å². The molecule has 2 aliphatic carbocycles. The van der Waals surface area contributed by atoms with Crippen molar-refractivity contribution in [1.29, 1.82) is 0 Å². The van der Waals surface area contributed by atoms with E-state index < -0.39 is 11.5 Å². The molecule has 1 aromatic carbocycles. The second-order valence-electron chi connectivity index (χ2n) is 9.89. The molecule has 1 saturated heterocycles. The Morgan fingerprint density at radius 2 is 2.06 bits per heavy atom. The third-order valence-electron chi connectivity index (χ3n) is 8.04. The molecule has 2 aromatic rings. The molecule has 0 radical (unpaired) electrons. The summed E-state index contributed by atoms with van der Waals surface area (Å²) < 4.78 is 0. The number of H-pyrrole nitrogens is 1. The topological polar surface area (TPSA) is 93.6 Å². The molecular formula is C25H30N2O4. The maximum Gasteiger partial charge on any atom is 0.341 e. The van der Waals surface area contributed by atoms with Gasteiger partial charge < -0.3 is 20.1 Å². The van der Waals surface area contributed by atoms with Crippen LogP contribution in [0.2, 0.25) is 0 Å². The number of benzene rings is 1. The van der Waals surface area contributed by atoms with Gasteiger partial charge in [0.25, 0.3) is 5.56 Å². The first-order valence-corrected chi connectivity index (χ1v) is 11.3. The van der Waals surface area contributed by atoms with Crippen molar-refractivity contribution < 1.29 is 15.0 Å². The Bertz CT molecular complexity index is 1100. The number of aromatic amines is 1. The number of likely N-dealkylation sites (tertiary alicyclic amines) is 1. The van der Waals surface area contributed by atoms with Gasteiger partial charge in [0.2, 0.25) is 0 Å². The Morgan fingerprint density at radius 1 is 1.29 bits per heavy atom. The summed E-state index contributed by atoms with van der Waals surface area (Å²) in [5.74, 6) is 0.169. The van der Waals surface area contributed by atoms with Crippen LogP contribution in [0, 0.1) is 18.8 Å². The summed E-state index contributed by atoms with van der Waals surface area (Å²) in [6.45, 7) is 6.52. The molecule has 0 bridgehead atoms. The molecule has 6 heteroatoms. The van der Waals surface area contributed by atoms with Crippen molar-refractivity contribution in [3.63, 3.8) is 0 Å². The van der Waals surface area contributed by atoms with E-state index in [0.717, 1.165) is 54.2 Å². The van der Waals surface area contributed by atoms with Crippen LogP contribution in [0.15, 0.2) is 29.1 Å². The van der Waals surface area contributed by atoms with E-state index in [1.54, 1.807) is 12.1 Å². The van der Waals surface area contributed by atoms with Gasteiger partial charge in [-0.2, -0.15) is 0 Å². The number of piperidine rings is 1. The number of aromatic nitrogens is 1. The van der Waals surface area contributed by atoms with Crippen LogP contribution in [0.3, 0.4) is 0 Å². The van der Waals surface area contributed by atoms with Crippen LogP contribution >= 0.6 is 0 Å². The maximum atomic E-state index is 12.4. The number of hydrogen-bond acceptors (Lipinski definition) is 4. The number of carbonyl (C=O) groups is 1. The smallest absolute Gasteiger partial charge is 0.341 e. The van der Waals surface area contributed by atoms with E-state index >= 15 is 0 Å². The fourth-order valence-electron chi connectivity index (χ4n) is 6.16. The molecule has 3 aliphatic rings. The average Bonchev–Trinajstić information content (AvgIpc) is 3.54. The number of carboxylic acid groups (broad SMARTS) is 1. The minimum Gasteiger partial charge on any atom is -0.508 e. The Morgan fingerprint density at radius 3 is 2.77 bits per heavy atom. The minimum atomic E-state index is -1.18. The van der Waals surface area contributed by atoms with Gasteiger partial charge in [0.05, 0.1) is 0 Å². The lowest BCUT2D eigenvalue weighted by atomic mass is 9.55. The number of aromatic carboxylic acids is 1. The number of rotatable bonds is 4. The molecule has 1 aromatic heterocycles. The predicted octanol–water partition coefficient (Wildman–Crippen LogP) is 3.24. The molecule has 1 aliphatic heterocycles. The number of aromatic hydroxyl groups is 1. The second kappa shape index (κ2) is 7.23. The highest BCUT2D eigenvalue weighted by molar-refractivity contribution is 5.87. The van der Waals surface area contributed by atoms with Crippen molar-refractivity contribution in [2.45, 2.75) is 57.4 Å². The highest BCUT2D eigenvalue weighted by Crippen LogP contribution is 2.51. The first-order chi connectivity index (χ1) is 14.8. The van der Waals surface area contributed by atoms with Gasteiger partial charge in [-0.05, 0) is 99.2 Å². The van der Waals surface area contributed by atoms with Gasteiger partial charge in [-0.3, -0.25) is 4.79 Å². The van der Waals surface area contributed by atoms with Gasteiger partial charge in [-0.25, -0.2) is 4.79 Å². The Kier molecular flexibility index (Phi) is 4.74. The van der Waals surface area contributed by atoms with Gasteiger partial charge in [0.1, 0.15) is 11.3 Å². The van der Waals surface area contributed by atoms with Crippen molar-refractivity contribution in [3.05, 3.63) is 62.6 Å². The summed E-state index contributed by atoms with van der Waals surface area (Å²) in [7, 11) is 0. The molecule has 6 nitrogen and oxygen atoms in total. The Labute approximate surface area is 181 Å². The minimum absolute atomic E-state index is 0.182. The van der Waals surface area contributed by atoms with E-state index in [4.69, 9.17) is 0 Å². The summed E-state index contributed by atoms with van der Waals surface area (Å²) >= 11 is 0. The van der Waals surface area contributed by atoms with Crippen LogP contribution in [0.25, 0.3) is 0 Å². The molecule has 3 N–H and O–H groups in total. The van der Waals surface area contributed by atoms with Gasteiger partial charge in [0, 0.05) is 23.7 Å². The third kappa shape index (κ3) is 3.37. The number of aryl methyl sites for hydroxylation is 1. The maximum absolute atomic E-state index is 12.4. The van der Waals surface area contributed by atoms with Crippen LogP contribution in [-0.4, -0.2) is 45.2 Å². The zero-order valence-corrected chi connectivity index (χ0v) is 18.1. The Balaban J connectivity index is 1.63. The summed E-state index contributed by atoms with van der Waals surface area (Å²) in [6.07, 6.45) is 4.98. The van der Waals surface area contributed by atoms with Crippen LogP contribution in [0.4, 0.5) is 0 Å². The lowest BCUT2D eigenvalue weighted by molar-refractivity contribution is 0.0246. The fourth-order valence-corrected chi connectivity index (χ4v) is 6.16. The molecule has 0 spiro atoms. The molecule has 2 fully saturated rings. The number of carboxylic acids is 1. The quantitative estimate of drug-likeness (QED) is 0.703. The summed E-state index contributed by atoms with van der Waals surface area (Å²) in [5, 5.41) is 19.7. The van der Waals surface area contributed by atoms with E-state index in [1.807, 2.05) is 12.1 Å². The largest absolute Gasteiger partial charge is 0.508 e. The molecule has 0 amide bonds. The number of hydrogen-bond donors (Lipinski definition) is 3. The van der Waals surface area contributed by atoms with Crippen molar-refractivity contribution in [2.24, 2.45) is 11.8 Å². The highest BCUT2D eigenvalue weighted by atomic mass is 16.4. The van der Waals surface area contributed by atoms with Crippen LogP contribution in [0.5, 0.6) is 5.75 Å². The first kappa shape index (κ1) is 20.3. The zero-order valence-electron chi connectivity index (χ0n) is 18.1. The lowest BCUT2D eigenvalue weighted by Crippen LogP contribution is -2.59. The molecule has 3 atom stereocenters. The highest BCUT2D eigenvalue weighted by Gasteiger charge is 2.51. The normalized spacial score (nSPS) is 28.1. The zero-order chi connectivity index (χ0) is 21.9. The summed E-state index contributed by atoms with van der Waals surface area (Å²) in [5.41, 5.74) is 3.18. The Hall–Kier alpha value is -2.60. The van der Waals surface area contributed by atoms with Crippen LogP contribution in [0.1, 0.15) is 58.9 Å². The number of fused-ring (bicyclic) bond motifs is 2.